The number of nitrogens with zero attached hydrogens (tertiary/aromatic N) is 4. The number of para-hydroxylation sites is 1. The lowest BCUT2D eigenvalue weighted by Crippen LogP contribution is -2.32. The van der Waals surface area contributed by atoms with Crippen molar-refractivity contribution in [3.63, 3.8) is 0 Å². The van der Waals surface area contributed by atoms with E-state index in [1.807, 2.05) is 44.3 Å². The quantitative estimate of drug-likeness (QED) is 0.855. The third-order valence-electron chi connectivity index (χ3n) is 2.56. The molecular formula is C13H19N5. The van der Waals surface area contributed by atoms with Gasteiger partial charge in [-0.2, -0.15) is 15.0 Å². The lowest BCUT2D eigenvalue weighted by Gasteiger charge is -2.16. The Hall–Kier alpha value is -1.72. The molecule has 0 saturated heterocycles. The summed E-state index contributed by atoms with van der Waals surface area (Å²) >= 11 is 0. The molecule has 0 radical (unpaired) electrons. The Kier molecular flexibility index (Phi) is 4.07. The van der Waals surface area contributed by atoms with Gasteiger partial charge in [0.1, 0.15) is 0 Å². The number of likely N-dealkylation sites (N-methyl/N-ethyl adjacent to an activating group) is 1. The molecule has 1 aromatic carbocycles. The lowest BCUT2D eigenvalue weighted by molar-refractivity contribution is 0.306. The number of rotatable bonds is 5. The zero-order valence-electron chi connectivity index (χ0n) is 10.8. The van der Waals surface area contributed by atoms with Gasteiger partial charge in [-0.25, -0.2) is 0 Å². The Bertz CT molecular complexity index is 477. The Morgan fingerprint density at radius 1 is 1.33 bits per heavy atom. The maximum atomic E-state index is 5.76. The highest BCUT2D eigenvalue weighted by atomic mass is 15.5. The average molecular weight is 245 g/mol. The molecule has 5 heteroatoms. The maximum absolute atomic E-state index is 5.76. The van der Waals surface area contributed by atoms with Gasteiger partial charge in [0.2, 0.25) is 0 Å². The molecule has 1 heterocycles. The van der Waals surface area contributed by atoms with Gasteiger partial charge in [0.25, 0.3) is 0 Å². The summed E-state index contributed by atoms with van der Waals surface area (Å²) in [4.78, 5) is 3.79. The zero-order valence-corrected chi connectivity index (χ0v) is 10.8. The van der Waals surface area contributed by atoms with Crippen LogP contribution in [0.25, 0.3) is 5.69 Å². The smallest absolute Gasteiger partial charge is 0.0971 e. The van der Waals surface area contributed by atoms with E-state index in [4.69, 9.17) is 5.73 Å². The Morgan fingerprint density at radius 2 is 2.06 bits per heavy atom. The van der Waals surface area contributed by atoms with Crippen LogP contribution in [0, 0.1) is 0 Å². The second kappa shape index (κ2) is 5.75. The van der Waals surface area contributed by atoms with Crippen LogP contribution in [0.2, 0.25) is 0 Å². The molecule has 5 nitrogen and oxygen atoms in total. The van der Waals surface area contributed by atoms with Crippen LogP contribution < -0.4 is 5.73 Å². The number of benzene rings is 1. The van der Waals surface area contributed by atoms with Crippen molar-refractivity contribution in [1.29, 1.82) is 0 Å². The Morgan fingerprint density at radius 3 is 2.72 bits per heavy atom. The molecule has 0 fully saturated rings. The molecule has 0 amide bonds. The second-order valence-electron chi connectivity index (χ2n) is 4.63. The number of nitrogens with two attached hydrogens (primary N) is 1. The molecule has 2 aromatic rings. The average Bonchev–Trinajstić information content (AvgIpc) is 2.77. The van der Waals surface area contributed by atoms with Gasteiger partial charge >= 0.3 is 0 Å². The van der Waals surface area contributed by atoms with Gasteiger partial charge in [0.05, 0.1) is 17.6 Å². The van der Waals surface area contributed by atoms with E-state index in [0.717, 1.165) is 24.5 Å². The molecule has 1 aromatic heterocycles. The molecule has 0 aliphatic heterocycles. The van der Waals surface area contributed by atoms with Crippen LogP contribution >= 0.6 is 0 Å². The van der Waals surface area contributed by atoms with Crippen LogP contribution in [0.4, 0.5) is 0 Å². The van der Waals surface area contributed by atoms with Crippen molar-refractivity contribution in [3.8, 4) is 5.69 Å². The van der Waals surface area contributed by atoms with Crippen molar-refractivity contribution in [2.75, 3.05) is 13.6 Å². The SMILES string of the molecule is CC(N)CN(C)Cc1cnn(-c2ccccc2)n1. The maximum Gasteiger partial charge on any atom is 0.0971 e. The standard InChI is InChI=1S/C13H19N5/c1-11(14)9-17(2)10-12-8-15-18(16-12)13-6-4-3-5-7-13/h3-8,11H,9-10,14H2,1-2H3. The van der Waals surface area contributed by atoms with Crippen LogP contribution in [0.5, 0.6) is 0 Å². The van der Waals surface area contributed by atoms with Gasteiger partial charge < -0.3 is 5.73 Å². The molecule has 1 unspecified atom stereocenters. The zero-order chi connectivity index (χ0) is 13.0. The molecule has 0 aliphatic rings. The molecule has 96 valence electrons. The van der Waals surface area contributed by atoms with E-state index in [2.05, 4.69) is 15.1 Å². The summed E-state index contributed by atoms with van der Waals surface area (Å²) in [7, 11) is 2.03. The first kappa shape index (κ1) is 12.7. The summed E-state index contributed by atoms with van der Waals surface area (Å²) < 4.78 is 0. The van der Waals surface area contributed by atoms with Gasteiger partial charge in [0, 0.05) is 19.1 Å². The van der Waals surface area contributed by atoms with Crippen molar-refractivity contribution >= 4 is 0 Å². The minimum absolute atomic E-state index is 0.166. The topological polar surface area (TPSA) is 60.0 Å². The summed E-state index contributed by atoms with van der Waals surface area (Å²) in [6, 6.07) is 10.1. The van der Waals surface area contributed by atoms with Gasteiger partial charge in [-0.3, -0.25) is 4.90 Å². The van der Waals surface area contributed by atoms with Crippen molar-refractivity contribution in [3.05, 3.63) is 42.2 Å². The fourth-order valence-electron chi connectivity index (χ4n) is 1.89. The minimum atomic E-state index is 0.166. The molecule has 0 saturated carbocycles. The summed E-state index contributed by atoms with van der Waals surface area (Å²) in [5.74, 6) is 0. The first-order valence-electron chi connectivity index (χ1n) is 6.06. The monoisotopic (exact) mass is 245 g/mol. The Balaban J connectivity index is 2.03. The fraction of sp³-hybridized carbons (Fsp3) is 0.385. The molecule has 2 N–H and O–H groups in total. The predicted molar refractivity (Wildman–Crippen MR) is 71.3 cm³/mol. The molecule has 0 spiro atoms. The van der Waals surface area contributed by atoms with Crippen LogP contribution in [-0.2, 0) is 6.54 Å². The predicted octanol–water partition coefficient (Wildman–Crippen LogP) is 1.05. The third kappa shape index (κ3) is 3.38. The summed E-state index contributed by atoms with van der Waals surface area (Å²) in [5, 5.41) is 8.72. The van der Waals surface area contributed by atoms with Crippen molar-refractivity contribution in [1.82, 2.24) is 19.9 Å². The van der Waals surface area contributed by atoms with E-state index in [0.29, 0.717) is 0 Å². The van der Waals surface area contributed by atoms with Crippen molar-refractivity contribution < 1.29 is 0 Å². The Labute approximate surface area is 107 Å². The first-order chi connectivity index (χ1) is 8.65. The molecule has 0 aliphatic carbocycles. The van der Waals surface area contributed by atoms with E-state index in [9.17, 15) is 0 Å². The highest BCUT2D eigenvalue weighted by Gasteiger charge is 2.07. The third-order valence-corrected chi connectivity index (χ3v) is 2.56. The fourth-order valence-corrected chi connectivity index (χ4v) is 1.89. The van der Waals surface area contributed by atoms with E-state index in [1.165, 1.54) is 0 Å². The first-order valence-corrected chi connectivity index (χ1v) is 6.06. The second-order valence-corrected chi connectivity index (χ2v) is 4.63. The van der Waals surface area contributed by atoms with Crippen LogP contribution in [-0.4, -0.2) is 39.5 Å². The molecule has 0 bridgehead atoms. The van der Waals surface area contributed by atoms with E-state index >= 15 is 0 Å². The number of hydrogen-bond acceptors (Lipinski definition) is 4. The van der Waals surface area contributed by atoms with Crippen LogP contribution in [0.1, 0.15) is 12.6 Å². The number of hydrogen-bond donors (Lipinski definition) is 1. The highest BCUT2D eigenvalue weighted by molar-refractivity contribution is 5.28. The molecule has 2 rings (SSSR count). The summed E-state index contributed by atoms with van der Waals surface area (Å²) in [6.45, 7) is 3.60. The van der Waals surface area contributed by atoms with Gasteiger partial charge in [0.15, 0.2) is 0 Å². The van der Waals surface area contributed by atoms with Gasteiger partial charge in [-0.05, 0) is 26.1 Å². The highest BCUT2D eigenvalue weighted by Crippen LogP contribution is 2.05. The molecule has 18 heavy (non-hydrogen) atoms. The normalized spacial score (nSPS) is 12.9. The number of aromatic nitrogens is 3. The summed E-state index contributed by atoms with van der Waals surface area (Å²) in [5.41, 5.74) is 7.68. The van der Waals surface area contributed by atoms with Crippen LogP contribution in [0.3, 0.4) is 0 Å². The summed E-state index contributed by atoms with van der Waals surface area (Å²) in [6.07, 6.45) is 1.80. The lowest BCUT2D eigenvalue weighted by atomic mass is 10.3. The largest absolute Gasteiger partial charge is 0.327 e. The molecular weight excluding hydrogens is 226 g/mol. The van der Waals surface area contributed by atoms with E-state index in [1.54, 1.807) is 11.0 Å². The van der Waals surface area contributed by atoms with E-state index < -0.39 is 0 Å². The van der Waals surface area contributed by atoms with E-state index in [-0.39, 0.29) is 6.04 Å². The van der Waals surface area contributed by atoms with Crippen molar-refractivity contribution in [2.24, 2.45) is 5.73 Å². The van der Waals surface area contributed by atoms with Gasteiger partial charge in [-0.15, -0.1) is 0 Å². The minimum Gasteiger partial charge on any atom is -0.327 e. The van der Waals surface area contributed by atoms with Gasteiger partial charge in [-0.1, -0.05) is 18.2 Å². The molecule has 1 atom stereocenters. The van der Waals surface area contributed by atoms with Crippen LogP contribution in [0.15, 0.2) is 36.5 Å². The van der Waals surface area contributed by atoms with Crippen molar-refractivity contribution in [2.45, 2.75) is 19.5 Å².